The van der Waals surface area contributed by atoms with Gasteiger partial charge in [0.25, 0.3) is 0 Å². The van der Waals surface area contributed by atoms with E-state index in [4.69, 9.17) is 9.47 Å². The van der Waals surface area contributed by atoms with E-state index >= 15 is 0 Å². The lowest BCUT2D eigenvalue weighted by atomic mass is 9.74. The van der Waals surface area contributed by atoms with Gasteiger partial charge in [0.05, 0.1) is 11.2 Å². The SMILES string of the molecule is COC1(c2ccccc2C(=O)c2ccccc2C2(OC)CCCCC2)CCCCC1. The molecule has 2 aromatic rings. The summed E-state index contributed by atoms with van der Waals surface area (Å²) < 4.78 is 12.2. The number of hydrogen-bond acceptors (Lipinski definition) is 3. The first-order valence-electron chi connectivity index (χ1n) is 11.5. The van der Waals surface area contributed by atoms with Crippen LogP contribution in [0, 0.1) is 0 Å². The monoisotopic (exact) mass is 406 g/mol. The average Bonchev–Trinajstić information content (AvgIpc) is 2.84. The van der Waals surface area contributed by atoms with Crippen LogP contribution >= 0.6 is 0 Å². The van der Waals surface area contributed by atoms with Crippen LogP contribution < -0.4 is 0 Å². The van der Waals surface area contributed by atoms with Crippen LogP contribution in [0.3, 0.4) is 0 Å². The molecule has 160 valence electrons. The Morgan fingerprint density at radius 1 is 0.633 bits per heavy atom. The lowest BCUT2D eigenvalue weighted by Crippen LogP contribution is -2.34. The van der Waals surface area contributed by atoms with Gasteiger partial charge in [0, 0.05) is 25.3 Å². The van der Waals surface area contributed by atoms with Gasteiger partial charge in [0.15, 0.2) is 5.78 Å². The summed E-state index contributed by atoms with van der Waals surface area (Å²) in [4.78, 5) is 14.0. The molecule has 0 atom stereocenters. The second-order valence-corrected chi connectivity index (χ2v) is 8.94. The fraction of sp³-hybridized carbons (Fsp3) is 0.519. The highest BCUT2D eigenvalue weighted by molar-refractivity contribution is 6.11. The Kier molecular flexibility index (Phi) is 6.40. The van der Waals surface area contributed by atoms with Crippen molar-refractivity contribution in [3.05, 3.63) is 70.8 Å². The van der Waals surface area contributed by atoms with Gasteiger partial charge in [-0.2, -0.15) is 0 Å². The van der Waals surface area contributed by atoms with Gasteiger partial charge in [0.1, 0.15) is 0 Å². The number of carbonyl (C=O) groups excluding carboxylic acids is 1. The second kappa shape index (κ2) is 9.03. The predicted octanol–water partition coefficient (Wildman–Crippen LogP) is 6.53. The summed E-state index contributed by atoms with van der Waals surface area (Å²) in [5.41, 5.74) is 2.92. The van der Waals surface area contributed by atoms with Crippen LogP contribution in [0.1, 0.15) is 91.3 Å². The van der Waals surface area contributed by atoms with E-state index in [1.54, 1.807) is 14.2 Å². The van der Waals surface area contributed by atoms with Crippen molar-refractivity contribution < 1.29 is 14.3 Å². The molecule has 0 radical (unpaired) electrons. The van der Waals surface area contributed by atoms with Crippen LogP contribution in [0.4, 0.5) is 0 Å². The molecule has 4 rings (SSSR count). The molecule has 0 N–H and O–H groups in total. The molecule has 2 saturated carbocycles. The minimum Gasteiger partial charge on any atom is -0.374 e. The van der Waals surface area contributed by atoms with E-state index in [1.165, 1.54) is 12.8 Å². The summed E-state index contributed by atoms with van der Waals surface area (Å²) in [6, 6.07) is 16.1. The minimum atomic E-state index is -0.358. The third-order valence-electron chi connectivity index (χ3n) is 7.43. The highest BCUT2D eigenvalue weighted by atomic mass is 16.5. The number of ether oxygens (including phenoxy) is 2. The Hall–Kier alpha value is -1.97. The number of hydrogen-bond donors (Lipinski definition) is 0. The maximum atomic E-state index is 14.0. The van der Waals surface area contributed by atoms with Crippen molar-refractivity contribution in [1.82, 2.24) is 0 Å². The molecule has 0 spiro atoms. The maximum Gasteiger partial charge on any atom is 0.193 e. The molecule has 0 unspecified atom stereocenters. The highest BCUT2D eigenvalue weighted by Gasteiger charge is 2.39. The van der Waals surface area contributed by atoms with Crippen LogP contribution in [0.15, 0.2) is 48.5 Å². The van der Waals surface area contributed by atoms with Crippen molar-refractivity contribution in [2.75, 3.05) is 14.2 Å². The molecule has 2 aliphatic carbocycles. The van der Waals surface area contributed by atoms with E-state index in [-0.39, 0.29) is 17.0 Å². The molecular formula is C27H34O3. The van der Waals surface area contributed by atoms with Crippen LogP contribution in [0.25, 0.3) is 0 Å². The Morgan fingerprint density at radius 3 is 1.37 bits per heavy atom. The third-order valence-corrected chi connectivity index (χ3v) is 7.43. The summed E-state index contributed by atoms with van der Waals surface area (Å²) in [5.74, 6) is 0.0881. The second-order valence-electron chi connectivity index (χ2n) is 8.94. The summed E-state index contributed by atoms with van der Waals surface area (Å²) >= 11 is 0. The maximum absolute atomic E-state index is 14.0. The van der Waals surface area contributed by atoms with Crippen molar-refractivity contribution in [2.45, 2.75) is 75.4 Å². The Balaban J connectivity index is 1.79. The predicted molar refractivity (Wildman–Crippen MR) is 120 cm³/mol. The molecular weight excluding hydrogens is 372 g/mol. The van der Waals surface area contributed by atoms with E-state index in [1.807, 2.05) is 36.4 Å². The molecule has 3 heteroatoms. The number of rotatable bonds is 6. The van der Waals surface area contributed by atoms with Gasteiger partial charge in [0.2, 0.25) is 0 Å². The molecule has 0 aliphatic heterocycles. The first kappa shape index (κ1) is 21.3. The van der Waals surface area contributed by atoms with Crippen molar-refractivity contribution in [3.63, 3.8) is 0 Å². The zero-order valence-corrected chi connectivity index (χ0v) is 18.4. The molecule has 3 nitrogen and oxygen atoms in total. The van der Waals surface area contributed by atoms with Gasteiger partial charge < -0.3 is 9.47 Å². The number of carbonyl (C=O) groups is 1. The van der Waals surface area contributed by atoms with Gasteiger partial charge in [-0.3, -0.25) is 4.79 Å². The molecule has 0 bridgehead atoms. The van der Waals surface area contributed by atoms with Gasteiger partial charge in [-0.25, -0.2) is 0 Å². The zero-order valence-electron chi connectivity index (χ0n) is 18.4. The summed E-state index contributed by atoms with van der Waals surface area (Å²) in [7, 11) is 3.59. The quantitative estimate of drug-likeness (QED) is 0.512. The Morgan fingerprint density at radius 2 is 1.00 bits per heavy atom. The van der Waals surface area contributed by atoms with E-state index in [2.05, 4.69) is 12.1 Å². The third kappa shape index (κ3) is 3.74. The molecule has 0 saturated heterocycles. The fourth-order valence-electron chi connectivity index (χ4n) is 5.71. The van der Waals surface area contributed by atoms with Gasteiger partial charge in [-0.1, -0.05) is 87.1 Å². The van der Waals surface area contributed by atoms with Crippen LogP contribution in [0.5, 0.6) is 0 Å². The molecule has 2 aliphatic rings. The Bertz CT molecular complexity index is 802. The molecule has 0 amide bonds. The highest BCUT2D eigenvalue weighted by Crippen LogP contribution is 2.44. The zero-order chi connectivity index (χ0) is 21.0. The molecule has 30 heavy (non-hydrogen) atoms. The van der Waals surface area contributed by atoms with Crippen molar-refractivity contribution in [1.29, 1.82) is 0 Å². The van der Waals surface area contributed by atoms with Crippen LogP contribution in [0.2, 0.25) is 0 Å². The molecule has 2 aromatic carbocycles. The average molecular weight is 407 g/mol. The first-order chi connectivity index (χ1) is 14.7. The van der Waals surface area contributed by atoms with Crippen molar-refractivity contribution in [3.8, 4) is 0 Å². The largest absolute Gasteiger partial charge is 0.374 e. The van der Waals surface area contributed by atoms with Crippen molar-refractivity contribution in [2.24, 2.45) is 0 Å². The summed E-state index contributed by atoms with van der Waals surface area (Å²) in [5, 5.41) is 0. The molecule has 0 aromatic heterocycles. The van der Waals surface area contributed by atoms with E-state index in [9.17, 15) is 4.79 Å². The van der Waals surface area contributed by atoms with E-state index in [0.717, 1.165) is 73.6 Å². The number of methoxy groups -OCH3 is 2. The van der Waals surface area contributed by atoms with E-state index < -0.39 is 0 Å². The molecule has 0 heterocycles. The van der Waals surface area contributed by atoms with Crippen molar-refractivity contribution >= 4 is 5.78 Å². The van der Waals surface area contributed by atoms with Crippen LogP contribution in [-0.2, 0) is 20.7 Å². The number of benzene rings is 2. The minimum absolute atomic E-state index is 0.0881. The standard InChI is InChI=1S/C27H34O3/c1-29-26(17-9-3-10-18-26)23-15-7-5-13-21(23)25(28)22-14-6-8-16-24(22)27(30-2)19-11-4-12-20-27/h5-8,13-16H,3-4,9-12,17-20H2,1-2H3. The van der Waals surface area contributed by atoms with E-state index in [0.29, 0.717) is 0 Å². The first-order valence-corrected chi connectivity index (χ1v) is 11.5. The lowest BCUT2D eigenvalue weighted by molar-refractivity contribution is -0.0454. The Labute approximate surface area is 180 Å². The molecule has 2 fully saturated rings. The van der Waals surface area contributed by atoms with Gasteiger partial charge in [-0.05, 0) is 36.8 Å². The summed E-state index contributed by atoms with van der Waals surface area (Å²) in [6.07, 6.45) is 10.9. The van der Waals surface area contributed by atoms with Crippen LogP contribution in [-0.4, -0.2) is 20.0 Å². The number of ketones is 1. The van der Waals surface area contributed by atoms with Gasteiger partial charge >= 0.3 is 0 Å². The fourth-order valence-corrected chi connectivity index (χ4v) is 5.71. The summed E-state index contributed by atoms with van der Waals surface area (Å²) in [6.45, 7) is 0. The lowest BCUT2D eigenvalue weighted by Gasteiger charge is -2.39. The topological polar surface area (TPSA) is 35.5 Å². The van der Waals surface area contributed by atoms with Gasteiger partial charge in [-0.15, -0.1) is 0 Å². The normalized spacial score (nSPS) is 20.6. The smallest absolute Gasteiger partial charge is 0.193 e.